The fraction of sp³-hybridized carbons (Fsp3) is 0.529. The third-order valence-corrected chi connectivity index (χ3v) is 8.27. The maximum Gasteiger partial charge on any atom is 0.0843 e. The molecule has 0 N–H and O–H groups in total. The van der Waals surface area contributed by atoms with E-state index in [-0.39, 0.29) is 0 Å². The molecule has 1 aliphatic carbocycles. The number of rotatable bonds is 4. The first-order valence-electron chi connectivity index (χ1n) is 7.39. The summed E-state index contributed by atoms with van der Waals surface area (Å²) in [5.41, 5.74) is 0.404. The molecule has 1 saturated carbocycles. The van der Waals surface area contributed by atoms with Crippen molar-refractivity contribution < 1.29 is 4.74 Å². The minimum Gasteiger partial charge on any atom is -0.377 e. The number of benzene rings is 1. The Morgan fingerprint density at radius 1 is 1.32 bits per heavy atom. The molecule has 3 rings (SSSR count). The van der Waals surface area contributed by atoms with Crippen LogP contribution in [0.5, 0.6) is 0 Å². The highest BCUT2D eigenvalue weighted by molar-refractivity contribution is 6.90. The lowest BCUT2D eigenvalue weighted by Crippen LogP contribution is -2.40. The Kier molecular flexibility index (Phi) is 3.18. The molecule has 0 radical (unpaired) electrons. The molecule has 0 spiro atoms. The number of hydrogen-bond acceptors (Lipinski definition) is 1. The number of allylic oxidation sites excluding steroid dienone is 1. The lowest BCUT2D eigenvalue weighted by molar-refractivity contribution is 0.0794. The van der Waals surface area contributed by atoms with Crippen LogP contribution in [0.2, 0.25) is 19.1 Å². The van der Waals surface area contributed by atoms with Gasteiger partial charge in [0.25, 0.3) is 0 Å². The van der Waals surface area contributed by atoms with Crippen LogP contribution < -0.4 is 5.19 Å². The van der Waals surface area contributed by atoms with Crippen molar-refractivity contribution in [3.8, 4) is 0 Å². The van der Waals surface area contributed by atoms with Crippen LogP contribution in [-0.2, 0) is 4.74 Å². The van der Waals surface area contributed by atoms with Crippen molar-refractivity contribution in [3.05, 3.63) is 42.5 Å². The zero-order valence-corrected chi connectivity index (χ0v) is 13.2. The van der Waals surface area contributed by atoms with Crippen LogP contribution in [0.1, 0.15) is 13.3 Å². The maximum absolute atomic E-state index is 5.75. The van der Waals surface area contributed by atoms with E-state index in [1.54, 1.807) is 5.19 Å². The third-order valence-electron chi connectivity index (χ3n) is 5.12. The monoisotopic (exact) mass is 272 g/mol. The van der Waals surface area contributed by atoms with Crippen LogP contribution in [-0.4, -0.2) is 20.8 Å². The summed E-state index contributed by atoms with van der Waals surface area (Å²) in [5.74, 6) is 0.806. The van der Waals surface area contributed by atoms with Crippen molar-refractivity contribution in [1.82, 2.24) is 0 Å². The fourth-order valence-electron chi connectivity index (χ4n) is 3.42. The normalized spacial score (nSPS) is 33.6. The highest BCUT2D eigenvalue weighted by Crippen LogP contribution is 2.61. The topological polar surface area (TPSA) is 9.23 Å². The van der Waals surface area contributed by atoms with E-state index in [0.29, 0.717) is 11.5 Å². The van der Waals surface area contributed by atoms with Gasteiger partial charge < -0.3 is 4.74 Å². The zero-order valence-electron chi connectivity index (χ0n) is 12.2. The lowest BCUT2D eigenvalue weighted by Gasteiger charge is -2.21. The molecule has 1 saturated heterocycles. The molecule has 0 aromatic heterocycles. The quantitative estimate of drug-likeness (QED) is 0.601. The van der Waals surface area contributed by atoms with Gasteiger partial charge in [0.05, 0.1) is 20.8 Å². The Hall–Kier alpha value is -0.863. The van der Waals surface area contributed by atoms with Crippen LogP contribution in [0, 0.1) is 11.3 Å². The van der Waals surface area contributed by atoms with Crippen LogP contribution >= 0.6 is 0 Å². The van der Waals surface area contributed by atoms with Gasteiger partial charge >= 0.3 is 0 Å². The molecule has 0 bridgehead atoms. The van der Waals surface area contributed by atoms with Gasteiger partial charge in [0.2, 0.25) is 0 Å². The molecule has 19 heavy (non-hydrogen) atoms. The van der Waals surface area contributed by atoms with E-state index in [0.717, 1.165) is 12.5 Å². The molecule has 0 amide bonds. The van der Waals surface area contributed by atoms with Gasteiger partial charge in [-0.3, -0.25) is 0 Å². The van der Waals surface area contributed by atoms with Crippen molar-refractivity contribution in [2.75, 3.05) is 6.61 Å². The standard InChI is InChI=1S/C17H24OSi/c1-14-17(12-15(17)13-18-14)10-7-11-19(2,3)16-8-5-4-6-9-16/h4-10,14-15H,11-13H2,1-3H3/b10-7+/t14-,15+,17-/m1/s1. The van der Waals surface area contributed by atoms with E-state index in [4.69, 9.17) is 4.74 Å². The molecular weight excluding hydrogens is 248 g/mol. The second-order valence-electron chi connectivity index (χ2n) is 6.85. The van der Waals surface area contributed by atoms with Gasteiger partial charge in [-0.1, -0.05) is 60.8 Å². The molecule has 2 aliphatic rings. The molecule has 1 nitrogen and oxygen atoms in total. The summed E-state index contributed by atoms with van der Waals surface area (Å²) >= 11 is 0. The average molecular weight is 272 g/mol. The summed E-state index contributed by atoms with van der Waals surface area (Å²) in [5, 5.41) is 1.56. The lowest BCUT2D eigenvalue weighted by atomic mass is 9.99. The van der Waals surface area contributed by atoms with Crippen LogP contribution in [0.4, 0.5) is 0 Å². The molecule has 2 heteroatoms. The fourth-order valence-corrected chi connectivity index (χ4v) is 5.45. The van der Waals surface area contributed by atoms with Gasteiger partial charge in [0.15, 0.2) is 0 Å². The van der Waals surface area contributed by atoms with Crippen molar-refractivity contribution >= 4 is 13.3 Å². The highest BCUT2D eigenvalue weighted by Gasteiger charge is 2.60. The number of ether oxygens (including phenoxy) is 1. The summed E-state index contributed by atoms with van der Waals surface area (Å²) in [7, 11) is -1.32. The molecule has 1 aromatic carbocycles. The smallest absolute Gasteiger partial charge is 0.0843 e. The predicted octanol–water partition coefficient (Wildman–Crippen LogP) is 3.58. The first-order chi connectivity index (χ1) is 9.05. The van der Waals surface area contributed by atoms with E-state index in [2.05, 4.69) is 62.5 Å². The molecule has 1 aliphatic heterocycles. The van der Waals surface area contributed by atoms with Crippen molar-refractivity contribution in [1.29, 1.82) is 0 Å². The second-order valence-corrected chi connectivity index (χ2v) is 11.6. The van der Waals surface area contributed by atoms with Gasteiger partial charge in [-0.25, -0.2) is 0 Å². The molecule has 3 atom stereocenters. The van der Waals surface area contributed by atoms with Crippen LogP contribution in [0.3, 0.4) is 0 Å². The van der Waals surface area contributed by atoms with Crippen molar-refractivity contribution in [2.24, 2.45) is 11.3 Å². The summed E-state index contributed by atoms with van der Waals surface area (Å²) < 4.78 is 5.75. The summed E-state index contributed by atoms with van der Waals surface area (Å²) in [6, 6.07) is 12.2. The molecule has 1 heterocycles. The van der Waals surface area contributed by atoms with Gasteiger partial charge in [-0.2, -0.15) is 0 Å². The number of hydrogen-bond donors (Lipinski definition) is 0. The molecule has 102 valence electrons. The minimum absolute atomic E-state index is 0.404. The van der Waals surface area contributed by atoms with Crippen LogP contribution in [0.15, 0.2) is 42.5 Å². The van der Waals surface area contributed by atoms with E-state index < -0.39 is 8.07 Å². The van der Waals surface area contributed by atoms with Gasteiger partial charge in [-0.05, 0) is 25.3 Å². The second kappa shape index (κ2) is 4.60. The molecule has 1 aromatic rings. The van der Waals surface area contributed by atoms with Gasteiger partial charge in [-0.15, -0.1) is 0 Å². The van der Waals surface area contributed by atoms with E-state index in [9.17, 15) is 0 Å². The van der Waals surface area contributed by atoms with Gasteiger partial charge in [0.1, 0.15) is 0 Å². The Morgan fingerprint density at radius 2 is 2.05 bits per heavy atom. The Balaban J connectivity index is 1.66. The predicted molar refractivity (Wildman–Crippen MR) is 83.5 cm³/mol. The van der Waals surface area contributed by atoms with E-state index >= 15 is 0 Å². The third kappa shape index (κ3) is 2.32. The summed E-state index contributed by atoms with van der Waals surface area (Å²) in [4.78, 5) is 0. The minimum atomic E-state index is -1.32. The zero-order chi connectivity index (χ0) is 13.5. The number of fused-ring (bicyclic) bond motifs is 1. The Bertz CT molecular complexity index is 479. The largest absolute Gasteiger partial charge is 0.377 e. The molecular formula is C17H24OSi. The van der Waals surface area contributed by atoms with Gasteiger partial charge in [0, 0.05) is 5.41 Å². The average Bonchev–Trinajstić information content (AvgIpc) is 3.04. The maximum atomic E-state index is 5.75. The Morgan fingerprint density at radius 3 is 2.63 bits per heavy atom. The summed E-state index contributed by atoms with van der Waals surface area (Å²) in [6.45, 7) is 8.13. The highest BCUT2D eigenvalue weighted by atomic mass is 28.3. The van der Waals surface area contributed by atoms with E-state index in [1.807, 2.05) is 0 Å². The van der Waals surface area contributed by atoms with E-state index in [1.165, 1.54) is 12.5 Å². The summed E-state index contributed by atoms with van der Waals surface area (Å²) in [6.07, 6.45) is 6.70. The van der Waals surface area contributed by atoms with Crippen molar-refractivity contribution in [2.45, 2.75) is 38.6 Å². The first-order valence-corrected chi connectivity index (χ1v) is 10.6. The molecule has 0 unspecified atom stereocenters. The van der Waals surface area contributed by atoms with Crippen LogP contribution in [0.25, 0.3) is 0 Å². The molecule has 2 fully saturated rings. The SMILES string of the molecule is C[C@H]1OC[C@@H]2C[C@@]21/C=C/C[Si](C)(C)c1ccccc1. The Labute approximate surface area is 117 Å². The van der Waals surface area contributed by atoms with Crippen molar-refractivity contribution in [3.63, 3.8) is 0 Å². The first kappa shape index (κ1) is 13.1.